The summed E-state index contributed by atoms with van der Waals surface area (Å²) in [4.78, 5) is 10.8. The maximum atomic E-state index is 12.9. The molecule has 17 heavy (non-hydrogen) atoms. The van der Waals surface area contributed by atoms with Crippen LogP contribution in [0.1, 0.15) is 22.3 Å². The lowest BCUT2D eigenvalue weighted by atomic mass is 9.85. The molecule has 3 nitrogen and oxygen atoms in total. The van der Waals surface area contributed by atoms with Crippen LogP contribution in [0.25, 0.3) is 0 Å². The van der Waals surface area contributed by atoms with E-state index in [4.69, 9.17) is 10.5 Å². The van der Waals surface area contributed by atoms with Gasteiger partial charge >= 0.3 is 6.18 Å². The van der Waals surface area contributed by atoms with E-state index in [1.807, 2.05) is 0 Å². The molecule has 1 atom stereocenters. The van der Waals surface area contributed by atoms with Crippen molar-refractivity contribution in [1.82, 2.24) is 0 Å². The minimum absolute atomic E-state index is 0.00116. The Hall–Kier alpha value is -1.56. The van der Waals surface area contributed by atoms with Gasteiger partial charge in [0.25, 0.3) is 0 Å². The number of alkyl halides is 3. The van der Waals surface area contributed by atoms with Gasteiger partial charge in [-0.25, -0.2) is 0 Å². The smallest absolute Gasteiger partial charge is 0.366 e. The van der Waals surface area contributed by atoms with Gasteiger partial charge in [-0.2, -0.15) is 13.2 Å². The summed E-state index contributed by atoms with van der Waals surface area (Å²) in [6.07, 6.45) is -4.56. The number of nitrogens with two attached hydrogens (primary N) is 1. The van der Waals surface area contributed by atoms with Crippen LogP contribution in [0, 0.1) is 0 Å². The van der Waals surface area contributed by atoms with E-state index in [9.17, 15) is 18.0 Å². The van der Waals surface area contributed by atoms with E-state index >= 15 is 0 Å². The van der Waals surface area contributed by atoms with Crippen molar-refractivity contribution in [3.63, 3.8) is 0 Å². The third kappa shape index (κ3) is 1.78. The molecule has 0 radical (unpaired) electrons. The fourth-order valence-corrected chi connectivity index (χ4v) is 1.82. The monoisotopic (exact) mass is 245 g/mol. The highest BCUT2D eigenvalue weighted by Gasteiger charge is 2.61. The molecule has 6 heteroatoms. The third-order valence-corrected chi connectivity index (χ3v) is 2.90. The molecule has 92 valence electrons. The molecule has 1 aromatic rings. The molecule has 0 spiro atoms. The first-order valence-corrected chi connectivity index (χ1v) is 4.98. The van der Waals surface area contributed by atoms with E-state index in [-0.39, 0.29) is 24.2 Å². The molecule has 1 fully saturated rings. The zero-order valence-corrected chi connectivity index (χ0v) is 8.75. The van der Waals surface area contributed by atoms with Crippen molar-refractivity contribution in [2.24, 2.45) is 5.73 Å². The van der Waals surface area contributed by atoms with E-state index in [0.29, 0.717) is 0 Å². The standard InChI is InChI=1S/C11H10F3NO2/c12-11(13,14)10(5-6-17-10)8-3-1-7(2-4-8)9(15)16/h1-4H,5-6H2,(H2,15,16). The van der Waals surface area contributed by atoms with Crippen molar-refractivity contribution in [1.29, 1.82) is 0 Å². The molecule has 1 unspecified atom stereocenters. The molecule has 1 saturated heterocycles. The van der Waals surface area contributed by atoms with Gasteiger partial charge < -0.3 is 10.5 Å². The Labute approximate surface area is 95.4 Å². The average molecular weight is 245 g/mol. The zero-order valence-electron chi connectivity index (χ0n) is 8.75. The summed E-state index contributed by atoms with van der Waals surface area (Å²) in [6.45, 7) is 0.0804. The SMILES string of the molecule is NC(=O)c1ccc(C2(C(F)(F)F)CCO2)cc1. The summed E-state index contributed by atoms with van der Waals surface area (Å²) >= 11 is 0. The molecule has 0 bridgehead atoms. The zero-order chi connectivity index (χ0) is 12.7. The molecular weight excluding hydrogens is 235 g/mol. The largest absolute Gasteiger partial charge is 0.421 e. The topological polar surface area (TPSA) is 52.3 Å². The van der Waals surface area contributed by atoms with Gasteiger partial charge in [-0.1, -0.05) is 12.1 Å². The van der Waals surface area contributed by atoms with Gasteiger partial charge in [-0.15, -0.1) is 0 Å². The van der Waals surface area contributed by atoms with Crippen LogP contribution in [0.2, 0.25) is 0 Å². The van der Waals surface area contributed by atoms with Gasteiger partial charge in [0.1, 0.15) is 0 Å². The number of amides is 1. The number of benzene rings is 1. The van der Waals surface area contributed by atoms with E-state index in [0.717, 1.165) is 0 Å². The van der Waals surface area contributed by atoms with Crippen LogP contribution in [0.3, 0.4) is 0 Å². The Balaban J connectivity index is 2.36. The van der Waals surface area contributed by atoms with Crippen LogP contribution in [0.15, 0.2) is 24.3 Å². The fourth-order valence-electron chi connectivity index (χ4n) is 1.82. The second-order valence-corrected chi connectivity index (χ2v) is 3.86. The van der Waals surface area contributed by atoms with Crippen molar-refractivity contribution in [2.45, 2.75) is 18.2 Å². The second kappa shape index (κ2) is 3.73. The summed E-state index contributed by atoms with van der Waals surface area (Å²) < 4.78 is 43.4. The van der Waals surface area contributed by atoms with E-state index in [2.05, 4.69) is 0 Å². The Morgan fingerprint density at radius 2 is 1.82 bits per heavy atom. The van der Waals surface area contributed by atoms with Crippen LogP contribution in [-0.4, -0.2) is 18.7 Å². The number of hydrogen-bond acceptors (Lipinski definition) is 2. The van der Waals surface area contributed by atoms with Crippen molar-refractivity contribution < 1.29 is 22.7 Å². The number of carbonyl (C=O) groups excluding carboxylic acids is 1. The van der Waals surface area contributed by atoms with Gasteiger partial charge in [-0.3, -0.25) is 4.79 Å². The molecule has 1 aliphatic rings. The molecule has 1 aromatic carbocycles. The Bertz CT molecular complexity index is 435. The quantitative estimate of drug-likeness (QED) is 0.865. The number of hydrogen-bond donors (Lipinski definition) is 1. The second-order valence-electron chi connectivity index (χ2n) is 3.86. The van der Waals surface area contributed by atoms with Gasteiger partial charge in [0.15, 0.2) is 5.60 Å². The highest BCUT2D eigenvalue weighted by Crippen LogP contribution is 2.49. The van der Waals surface area contributed by atoms with Crippen LogP contribution in [-0.2, 0) is 10.3 Å². The Morgan fingerprint density at radius 1 is 1.29 bits per heavy atom. The highest BCUT2D eigenvalue weighted by molar-refractivity contribution is 5.92. The number of primary amides is 1. The van der Waals surface area contributed by atoms with Crippen LogP contribution in [0.5, 0.6) is 0 Å². The molecule has 2 rings (SSSR count). The molecule has 0 aliphatic carbocycles. The van der Waals surface area contributed by atoms with Crippen LogP contribution >= 0.6 is 0 Å². The van der Waals surface area contributed by atoms with Crippen molar-refractivity contribution in [3.8, 4) is 0 Å². The minimum Gasteiger partial charge on any atom is -0.366 e. The van der Waals surface area contributed by atoms with Gasteiger partial charge in [0.2, 0.25) is 5.91 Å². The maximum absolute atomic E-state index is 12.9. The molecule has 0 saturated carbocycles. The van der Waals surface area contributed by atoms with Crippen LogP contribution in [0.4, 0.5) is 13.2 Å². The molecule has 2 N–H and O–H groups in total. The summed E-state index contributed by atoms with van der Waals surface area (Å²) in [5.41, 5.74) is 2.97. The Morgan fingerprint density at radius 3 is 2.12 bits per heavy atom. The minimum atomic E-state index is -4.46. The normalized spacial score (nSPS) is 24.2. The van der Waals surface area contributed by atoms with Gasteiger partial charge in [-0.05, 0) is 17.7 Å². The summed E-state index contributed by atoms with van der Waals surface area (Å²) in [5.74, 6) is -0.674. The Kier molecular flexibility index (Phi) is 2.61. The lowest BCUT2D eigenvalue weighted by molar-refractivity contribution is -0.333. The lowest BCUT2D eigenvalue weighted by Crippen LogP contribution is -2.52. The first kappa shape index (κ1) is 11.9. The van der Waals surface area contributed by atoms with E-state index in [1.165, 1.54) is 24.3 Å². The maximum Gasteiger partial charge on any atom is 0.421 e. The summed E-state index contributed by atoms with van der Waals surface area (Å²) in [5, 5.41) is 0. The molecule has 1 aliphatic heterocycles. The average Bonchev–Trinajstić information content (AvgIpc) is 2.14. The predicted molar refractivity (Wildman–Crippen MR) is 53.3 cm³/mol. The third-order valence-electron chi connectivity index (χ3n) is 2.90. The first-order chi connectivity index (χ1) is 7.87. The fraction of sp³-hybridized carbons (Fsp3) is 0.364. The van der Waals surface area contributed by atoms with Crippen molar-refractivity contribution in [3.05, 3.63) is 35.4 Å². The van der Waals surface area contributed by atoms with Crippen molar-refractivity contribution >= 4 is 5.91 Å². The van der Waals surface area contributed by atoms with E-state index in [1.54, 1.807) is 0 Å². The van der Waals surface area contributed by atoms with Gasteiger partial charge in [0.05, 0.1) is 6.61 Å². The molecule has 1 amide bonds. The number of rotatable bonds is 2. The van der Waals surface area contributed by atoms with E-state index < -0.39 is 17.7 Å². The molecule has 1 heterocycles. The number of ether oxygens (including phenoxy) is 1. The van der Waals surface area contributed by atoms with Crippen molar-refractivity contribution in [2.75, 3.05) is 6.61 Å². The summed E-state index contributed by atoms with van der Waals surface area (Å²) in [6, 6.07) is 5.00. The van der Waals surface area contributed by atoms with Gasteiger partial charge in [0, 0.05) is 12.0 Å². The lowest BCUT2D eigenvalue weighted by Gasteiger charge is -2.43. The summed E-state index contributed by atoms with van der Waals surface area (Å²) in [7, 11) is 0. The number of carbonyl (C=O) groups is 1. The number of halogens is 3. The first-order valence-electron chi connectivity index (χ1n) is 4.98. The van der Waals surface area contributed by atoms with Crippen LogP contribution < -0.4 is 5.73 Å². The molecule has 0 aromatic heterocycles. The highest BCUT2D eigenvalue weighted by atomic mass is 19.4. The molecular formula is C11H10F3NO2. The predicted octanol–water partition coefficient (Wildman–Crippen LogP) is 1.96.